The van der Waals surface area contributed by atoms with E-state index in [0.717, 1.165) is 18.8 Å². The highest BCUT2D eigenvalue weighted by Crippen LogP contribution is 2.38. The minimum absolute atomic E-state index is 0.132. The first-order valence-corrected chi connectivity index (χ1v) is 7.05. The van der Waals surface area contributed by atoms with Crippen molar-refractivity contribution in [3.8, 4) is 0 Å². The van der Waals surface area contributed by atoms with Gasteiger partial charge in [0.15, 0.2) is 0 Å². The number of carbonyl (C=O) groups excluding carboxylic acids is 1. The molecule has 2 heterocycles. The average molecular weight is 263 g/mol. The Morgan fingerprint density at radius 2 is 2.05 bits per heavy atom. The lowest BCUT2D eigenvalue weighted by Crippen LogP contribution is -2.56. The molecule has 1 saturated heterocycles. The van der Waals surface area contributed by atoms with E-state index in [-0.39, 0.29) is 5.91 Å². The van der Waals surface area contributed by atoms with Gasteiger partial charge < -0.3 is 10.2 Å². The first-order valence-electron chi connectivity index (χ1n) is 7.05. The second-order valence-corrected chi connectivity index (χ2v) is 5.88. The number of carbonyl (C=O) groups is 1. The Balaban J connectivity index is 1.60. The van der Waals surface area contributed by atoms with Crippen LogP contribution < -0.4 is 5.32 Å². The summed E-state index contributed by atoms with van der Waals surface area (Å²) >= 11 is 0. The van der Waals surface area contributed by atoms with Crippen molar-refractivity contribution in [3.63, 3.8) is 0 Å². The van der Waals surface area contributed by atoms with E-state index in [9.17, 15) is 4.79 Å². The minimum atomic E-state index is 0.132. The Morgan fingerprint density at radius 3 is 2.68 bits per heavy atom. The zero-order valence-electron chi connectivity index (χ0n) is 11.5. The van der Waals surface area contributed by atoms with Crippen molar-refractivity contribution < 1.29 is 4.79 Å². The van der Waals surface area contributed by atoms with Gasteiger partial charge in [0, 0.05) is 37.3 Å². The van der Waals surface area contributed by atoms with E-state index in [1.165, 1.54) is 12.8 Å². The van der Waals surface area contributed by atoms with Gasteiger partial charge in [0.2, 0.25) is 5.91 Å². The van der Waals surface area contributed by atoms with Crippen LogP contribution in [0.15, 0.2) is 6.20 Å². The quantitative estimate of drug-likeness (QED) is 0.855. The molecule has 2 unspecified atom stereocenters. The Kier molecular flexibility index (Phi) is 3.26. The molecular weight excluding hydrogens is 242 g/mol. The SMILES string of the molecule is CC1CN(C(=O)Cn2cc(C3CC3)nn2)CC(C)N1. The first-order chi connectivity index (χ1) is 9.11. The van der Waals surface area contributed by atoms with E-state index in [0.29, 0.717) is 24.5 Å². The third-order valence-electron chi connectivity index (χ3n) is 3.76. The number of piperazine rings is 1. The molecule has 1 amide bonds. The van der Waals surface area contributed by atoms with Crippen LogP contribution in [0.1, 0.15) is 38.3 Å². The zero-order valence-corrected chi connectivity index (χ0v) is 11.5. The Morgan fingerprint density at radius 1 is 1.37 bits per heavy atom. The van der Waals surface area contributed by atoms with Crippen LogP contribution in [0.25, 0.3) is 0 Å². The average Bonchev–Trinajstić information content (AvgIpc) is 3.09. The van der Waals surface area contributed by atoms with Crippen molar-refractivity contribution in [2.24, 2.45) is 0 Å². The van der Waals surface area contributed by atoms with Gasteiger partial charge in [-0.3, -0.25) is 4.79 Å². The molecule has 0 bridgehead atoms. The van der Waals surface area contributed by atoms with Gasteiger partial charge in [0.05, 0.1) is 5.69 Å². The van der Waals surface area contributed by atoms with Crippen LogP contribution in [0.5, 0.6) is 0 Å². The van der Waals surface area contributed by atoms with Crippen molar-refractivity contribution >= 4 is 5.91 Å². The molecule has 2 fully saturated rings. The molecule has 1 aliphatic heterocycles. The number of hydrogen-bond donors (Lipinski definition) is 1. The van der Waals surface area contributed by atoms with Gasteiger partial charge in [0.25, 0.3) is 0 Å². The molecule has 2 atom stereocenters. The molecule has 6 heteroatoms. The number of nitrogens with one attached hydrogen (secondary N) is 1. The summed E-state index contributed by atoms with van der Waals surface area (Å²) in [6.07, 6.45) is 4.34. The first kappa shape index (κ1) is 12.6. The van der Waals surface area contributed by atoms with Gasteiger partial charge >= 0.3 is 0 Å². The Bertz CT molecular complexity index is 457. The van der Waals surface area contributed by atoms with Crippen molar-refractivity contribution in [1.29, 1.82) is 0 Å². The molecule has 1 N–H and O–H groups in total. The molecule has 1 saturated carbocycles. The molecule has 1 aromatic rings. The van der Waals surface area contributed by atoms with Gasteiger partial charge in [-0.2, -0.15) is 0 Å². The molecular formula is C13H21N5O. The van der Waals surface area contributed by atoms with Crippen LogP contribution in [0.4, 0.5) is 0 Å². The van der Waals surface area contributed by atoms with Crippen LogP contribution in [-0.4, -0.2) is 51.0 Å². The lowest BCUT2D eigenvalue weighted by Gasteiger charge is -2.36. The second-order valence-electron chi connectivity index (χ2n) is 5.88. The van der Waals surface area contributed by atoms with E-state index in [1.807, 2.05) is 11.1 Å². The predicted molar refractivity (Wildman–Crippen MR) is 70.6 cm³/mol. The van der Waals surface area contributed by atoms with Crippen molar-refractivity contribution in [1.82, 2.24) is 25.2 Å². The third kappa shape index (κ3) is 2.94. The fourth-order valence-corrected chi connectivity index (χ4v) is 2.73. The molecule has 1 aromatic heterocycles. The van der Waals surface area contributed by atoms with Crippen molar-refractivity contribution in [2.75, 3.05) is 13.1 Å². The number of hydrogen-bond acceptors (Lipinski definition) is 4. The highest BCUT2D eigenvalue weighted by molar-refractivity contribution is 5.76. The molecule has 0 radical (unpaired) electrons. The van der Waals surface area contributed by atoms with Crippen LogP contribution in [0, 0.1) is 0 Å². The van der Waals surface area contributed by atoms with Gasteiger partial charge in [-0.25, -0.2) is 4.68 Å². The highest BCUT2D eigenvalue weighted by Gasteiger charge is 2.28. The number of nitrogens with zero attached hydrogens (tertiary/aromatic N) is 4. The number of amides is 1. The molecule has 3 rings (SSSR count). The van der Waals surface area contributed by atoms with E-state index in [2.05, 4.69) is 29.5 Å². The molecule has 6 nitrogen and oxygen atoms in total. The van der Waals surface area contributed by atoms with Crippen molar-refractivity contribution in [3.05, 3.63) is 11.9 Å². The third-order valence-corrected chi connectivity index (χ3v) is 3.76. The van der Waals surface area contributed by atoms with E-state index < -0.39 is 0 Å². The summed E-state index contributed by atoms with van der Waals surface area (Å²) in [6.45, 7) is 6.06. The fourth-order valence-electron chi connectivity index (χ4n) is 2.73. The summed E-state index contributed by atoms with van der Waals surface area (Å²) in [5.41, 5.74) is 1.04. The van der Waals surface area contributed by atoms with Crippen LogP contribution in [0.2, 0.25) is 0 Å². The monoisotopic (exact) mass is 263 g/mol. The second kappa shape index (κ2) is 4.92. The van der Waals surface area contributed by atoms with Crippen LogP contribution in [-0.2, 0) is 11.3 Å². The summed E-state index contributed by atoms with van der Waals surface area (Å²) < 4.78 is 1.67. The maximum absolute atomic E-state index is 12.3. The topological polar surface area (TPSA) is 63.1 Å². The zero-order chi connectivity index (χ0) is 13.4. The maximum atomic E-state index is 12.3. The highest BCUT2D eigenvalue weighted by atomic mass is 16.2. The van der Waals surface area contributed by atoms with Crippen LogP contribution in [0.3, 0.4) is 0 Å². The lowest BCUT2D eigenvalue weighted by molar-refractivity contribution is -0.133. The van der Waals surface area contributed by atoms with Gasteiger partial charge in [-0.1, -0.05) is 5.21 Å². The molecule has 0 aromatic carbocycles. The largest absolute Gasteiger partial charge is 0.338 e. The van der Waals surface area contributed by atoms with Gasteiger partial charge in [-0.05, 0) is 26.7 Å². The molecule has 1 aliphatic carbocycles. The Hall–Kier alpha value is -1.43. The van der Waals surface area contributed by atoms with Gasteiger partial charge in [0.1, 0.15) is 6.54 Å². The summed E-state index contributed by atoms with van der Waals surface area (Å²) in [6, 6.07) is 0.705. The fraction of sp³-hybridized carbons (Fsp3) is 0.769. The molecule has 104 valence electrons. The summed E-state index contributed by atoms with van der Waals surface area (Å²) in [5.74, 6) is 0.718. The number of rotatable bonds is 3. The number of aromatic nitrogens is 3. The van der Waals surface area contributed by atoms with E-state index in [4.69, 9.17) is 0 Å². The summed E-state index contributed by atoms with van der Waals surface area (Å²) in [5, 5.41) is 11.6. The van der Waals surface area contributed by atoms with Crippen molar-refractivity contribution in [2.45, 2.75) is 51.2 Å². The Labute approximate surface area is 113 Å². The normalized spacial score (nSPS) is 27.6. The van der Waals surface area contributed by atoms with E-state index >= 15 is 0 Å². The molecule has 19 heavy (non-hydrogen) atoms. The summed E-state index contributed by atoms with van der Waals surface area (Å²) in [4.78, 5) is 14.2. The summed E-state index contributed by atoms with van der Waals surface area (Å²) in [7, 11) is 0. The van der Waals surface area contributed by atoms with Crippen LogP contribution >= 0.6 is 0 Å². The predicted octanol–water partition coefficient (Wildman–Crippen LogP) is 0.364. The van der Waals surface area contributed by atoms with E-state index in [1.54, 1.807) is 4.68 Å². The lowest BCUT2D eigenvalue weighted by atomic mass is 10.1. The standard InChI is InChI=1S/C13H21N5O/c1-9-5-17(6-10(2)14-9)13(19)8-18-7-12(15-16-18)11-3-4-11/h7,9-11,14H,3-6,8H2,1-2H3. The molecule has 0 spiro atoms. The molecule has 2 aliphatic rings. The smallest absolute Gasteiger partial charge is 0.244 e. The maximum Gasteiger partial charge on any atom is 0.244 e. The van der Waals surface area contributed by atoms with Gasteiger partial charge in [-0.15, -0.1) is 5.10 Å². The minimum Gasteiger partial charge on any atom is -0.338 e.